The van der Waals surface area contributed by atoms with Crippen molar-refractivity contribution in [1.82, 2.24) is 0 Å². The zero-order chi connectivity index (χ0) is 24.4. The van der Waals surface area contributed by atoms with Crippen LogP contribution in [-0.4, -0.2) is 35.0 Å². The summed E-state index contributed by atoms with van der Waals surface area (Å²) in [6, 6.07) is 18.9. The van der Waals surface area contributed by atoms with Crippen LogP contribution in [0.2, 0.25) is 5.02 Å². The zero-order valence-electron chi connectivity index (χ0n) is 18.1. The van der Waals surface area contributed by atoms with Crippen LogP contribution in [0.1, 0.15) is 22.7 Å². The van der Waals surface area contributed by atoms with Crippen LogP contribution in [0.15, 0.2) is 78.4 Å². The van der Waals surface area contributed by atoms with E-state index in [1.807, 2.05) is 0 Å². The van der Waals surface area contributed by atoms with E-state index < -0.39 is 29.5 Å². The molecule has 0 radical (unpaired) electrons. The molecule has 1 unspecified atom stereocenters. The second-order valence-electron chi connectivity index (χ2n) is 7.66. The fourth-order valence-corrected chi connectivity index (χ4v) is 4.18. The maximum absolute atomic E-state index is 13.2. The van der Waals surface area contributed by atoms with Gasteiger partial charge < -0.3 is 14.9 Å². The highest BCUT2D eigenvalue weighted by molar-refractivity contribution is 6.51. The number of aliphatic hydroxyl groups excluding tert-OH is 1. The molecular weight excluding hydrogens is 458 g/mol. The number of aliphatic hydroxyl groups is 1. The van der Waals surface area contributed by atoms with E-state index in [2.05, 4.69) is 0 Å². The highest BCUT2D eigenvalue weighted by Gasteiger charge is 2.47. The molecule has 1 atom stereocenters. The molecule has 1 aliphatic heterocycles. The van der Waals surface area contributed by atoms with Gasteiger partial charge in [0.05, 0.1) is 30.7 Å². The number of hydrogen-bond donors (Lipinski definition) is 2. The number of ketones is 1. The normalized spacial score (nSPS) is 17.1. The van der Waals surface area contributed by atoms with Gasteiger partial charge in [0.2, 0.25) is 0 Å². The third-order valence-corrected chi connectivity index (χ3v) is 5.78. The number of nitrogens with zero attached hydrogens (tertiary/aromatic N) is 1. The third-order valence-electron chi connectivity index (χ3n) is 5.55. The van der Waals surface area contributed by atoms with Crippen molar-refractivity contribution in [3.8, 4) is 5.75 Å². The average molecular weight is 478 g/mol. The van der Waals surface area contributed by atoms with Gasteiger partial charge in [-0.25, -0.2) is 0 Å². The first kappa shape index (κ1) is 23.1. The van der Waals surface area contributed by atoms with Gasteiger partial charge in [0.15, 0.2) is 0 Å². The van der Waals surface area contributed by atoms with Crippen LogP contribution >= 0.6 is 11.6 Å². The van der Waals surface area contributed by atoms with Crippen LogP contribution < -0.4 is 9.64 Å². The lowest BCUT2D eigenvalue weighted by atomic mass is 9.95. The van der Waals surface area contributed by atoms with Crippen LogP contribution in [0.5, 0.6) is 5.75 Å². The SMILES string of the molecule is COc1ccc(Cl)cc1/C(O)=C1\C(=O)C(=O)N(c2ccc(CC(=O)O)cc2)C1c1ccccc1. The minimum Gasteiger partial charge on any atom is -0.507 e. The minimum atomic E-state index is -0.979. The number of methoxy groups -OCH3 is 1. The van der Waals surface area contributed by atoms with Gasteiger partial charge in [-0.1, -0.05) is 54.1 Å². The van der Waals surface area contributed by atoms with Crippen molar-refractivity contribution in [3.63, 3.8) is 0 Å². The maximum Gasteiger partial charge on any atom is 0.307 e. The summed E-state index contributed by atoms with van der Waals surface area (Å²) in [6.45, 7) is 0. The molecule has 4 rings (SSSR count). The van der Waals surface area contributed by atoms with Crippen molar-refractivity contribution in [2.75, 3.05) is 12.0 Å². The Kier molecular flexibility index (Phi) is 6.38. The summed E-state index contributed by atoms with van der Waals surface area (Å²) in [5.74, 6) is -2.77. The van der Waals surface area contributed by atoms with Gasteiger partial charge in [0, 0.05) is 10.7 Å². The molecule has 1 saturated heterocycles. The summed E-state index contributed by atoms with van der Waals surface area (Å²) >= 11 is 6.13. The molecule has 172 valence electrons. The van der Waals surface area contributed by atoms with E-state index in [9.17, 15) is 19.5 Å². The first-order valence-electron chi connectivity index (χ1n) is 10.3. The van der Waals surface area contributed by atoms with E-state index in [0.29, 0.717) is 21.8 Å². The number of hydrogen-bond acceptors (Lipinski definition) is 5. The molecule has 1 heterocycles. The first-order chi connectivity index (χ1) is 16.3. The standard InChI is InChI=1S/C26H20ClNO6/c1-34-20-12-9-17(27)14-19(20)24(31)22-23(16-5-3-2-4-6-16)28(26(33)25(22)32)18-10-7-15(8-11-18)13-21(29)30/h2-12,14,23,31H,13H2,1H3,(H,29,30)/b24-22+. The lowest BCUT2D eigenvalue weighted by Crippen LogP contribution is -2.29. The van der Waals surface area contributed by atoms with Crippen LogP contribution in [0.3, 0.4) is 0 Å². The number of amides is 1. The predicted octanol–water partition coefficient (Wildman–Crippen LogP) is 4.60. The number of anilines is 1. The van der Waals surface area contributed by atoms with Crippen molar-refractivity contribution in [1.29, 1.82) is 0 Å². The molecule has 0 aromatic heterocycles. The second-order valence-corrected chi connectivity index (χ2v) is 8.10. The number of halogens is 1. The Labute approximate surface area is 200 Å². The number of carbonyl (C=O) groups excluding carboxylic acids is 2. The summed E-state index contributed by atoms with van der Waals surface area (Å²) in [6.07, 6.45) is -0.171. The highest BCUT2D eigenvalue weighted by atomic mass is 35.5. The van der Waals surface area contributed by atoms with Crippen molar-refractivity contribution in [2.45, 2.75) is 12.5 Å². The molecule has 34 heavy (non-hydrogen) atoms. The number of aliphatic carboxylic acids is 1. The van der Waals surface area contributed by atoms with Gasteiger partial charge >= 0.3 is 5.97 Å². The first-order valence-corrected chi connectivity index (χ1v) is 10.7. The zero-order valence-corrected chi connectivity index (χ0v) is 18.8. The van der Waals surface area contributed by atoms with Crippen molar-refractivity contribution >= 4 is 40.7 Å². The Morgan fingerprint density at radius 3 is 2.29 bits per heavy atom. The fraction of sp³-hybridized carbons (Fsp3) is 0.115. The number of rotatable bonds is 6. The summed E-state index contributed by atoms with van der Waals surface area (Å²) in [4.78, 5) is 38.7. The minimum absolute atomic E-state index is 0.105. The molecule has 1 aliphatic rings. The van der Waals surface area contributed by atoms with E-state index in [-0.39, 0.29) is 23.3 Å². The molecule has 0 saturated carbocycles. The van der Waals surface area contributed by atoms with E-state index in [1.54, 1.807) is 66.7 Å². The van der Waals surface area contributed by atoms with Gasteiger partial charge in [0.25, 0.3) is 11.7 Å². The van der Waals surface area contributed by atoms with Gasteiger partial charge in [-0.2, -0.15) is 0 Å². The summed E-state index contributed by atoms with van der Waals surface area (Å²) in [5, 5.41) is 20.6. The van der Waals surface area contributed by atoms with E-state index in [1.165, 1.54) is 18.1 Å². The largest absolute Gasteiger partial charge is 0.507 e. The van der Waals surface area contributed by atoms with E-state index in [4.69, 9.17) is 21.4 Å². The highest BCUT2D eigenvalue weighted by Crippen LogP contribution is 2.43. The molecule has 3 aromatic rings. The van der Waals surface area contributed by atoms with Crippen LogP contribution in [0.4, 0.5) is 5.69 Å². The van der Waals surface area contributed by atoms with Crippen molar-refractivity contribution in [2.24, 2.45) is 0 Å². The van der Waals surface area contributed by atoms with Crippen LogP contribution in [0.25, 0.3) is 5.76 Å². The smallest absolute Gasteiger partial charge is 0.307 e. The van der Waals surface area contributed by atoms with Gasteiger partial charge in [-0.15, -0.1) is 0 Å². The van der Waals surface area contributed by atoms with Crippen molar-refractivity contribution < 1.29 is 29.3 Å². The number of ether oxygens (including phenoxy) is 1. The van der Waals surface area contributed by atoms with Crippen LogP contribution in [0, 0.1) is 0 Å². The van der Waals surface area contributed by atoms with Crippen molar-refractivity contribution in [3.05, 3.63) is 100 Å². The van der Waals surface area contributed by atoms with Crippen LogP contribution in [-0.2, 0) is 20.8 Å². The lowest BCUT2D eigenvalue weighted by molar-refractivity contribution is -0.136. The predicted molar refractivity (Wildman–Crippen MR) is 127 cm³/mol. The molecule has 0 bridgehead atoms. The molecule has 0 aliphatic carbocycles. The molecule has 2 N–H and O–H groups in total. The van der Waals surface area contributed by atoms with Gasteiger partial charge in [-0.3, -0.25) is 19.3 Å². The fourth-order valence-electron chi connectivity index (χ4n) is 4.01. The molecule has 1 amide bonds. The third kappa shape index (κ3) is 4.25. The maximum atomic E-state index is 13.2. The Bertz CT molecular complexity index is 1300. The number of carboxylic acid groups (broad SMARTS) is 1. The summed E-state index contributed by atoms with van der Waals surface area (Å²) in [5.41, 5.74) is 1.63. The lowest BCUT2D eigenvalue weighted by Gasteiger charge is -2.25. The Morgan fingerprint density at radius 2 is 1.68 bits per heavy atom. The molecule has 3 aromatic carbocycles. The quantitative estimate of drug-likeness (QED) is 0.305. The summed E-state index contributed by atoms with van der Waals surface area (Å²) in [7, 11) is 1.42. The summed E-state index contributed by atoms with van der Waals surface area (Å²) < 4.78 is 5.33. The monoisotopic (exact) mass is 477 g/mol. The number of carboxylic acids is 1. The molecule has 8 heteroatoms. The molecular formula is C26H20ClNO6. The molecule has 1 fully saturated rings. The van der Waals surface area contributed by atoms with Gasteiger partial charge in [-0.05, 0) is 41.5 Å². The number of benzene rings is 3. The number of Topliss-reactive ketones (excluding diaryl/α,β-unsaturated/α-hetero) is 1. The Morgan fingerprint density at radius 1 is 1.00 bits per heavy atom. The van der Waals surface area contributed by atoms with E-state index in [0.717, 1.165) is 0 Å². The topological polar surface area (TPSA) is 104 Å². The Balaban J connectivity index is 1.90. The Hall–Kier alpha value is -4.10. The van der Waals surface area contributed by atoms with Gasteiger partial charge in [0.1, 0.15) is 11.5 Å². The number of carbonyl (C=O) groups is 3. The van der Waals surface area contributed by atoms with E-state index >= 15 is 0 Å². The molecule has 7 nitrogen and oxygen atoms in total. The second kappa shape index (κ2) is 9.41. The molecule has 0 spiro atoms. The average Bonchev–Trinajstić information content (AvgIpc) is 3.10.